The molecule has 1 aliphatic rings. The highest BCUT2D eigenvalue weighted by molar-refractivity contribution is 5.92. The Morgan fingerprint density at radius 2 is 2.45 bits per heavy atom. The van der Waals surface area contributed by atoms with Crippen LogP contribution in [-0.2, 0) is 4.79 Å². The first kappa shape index (κ1) is 8.09. The zero-order chi connectivity index (χ0) is 8.27. The molecule has 0 saturated carbocycles. The summed E-state index contributed by atoms with van der Waals surface area (Å²) in [5.41, 5.74) is 5.66. The van der Waals surface area contributed by atoms with Crippen LogP contribution in [0.3, 0.4) is 0 Å². The van der Waals surface area contributed by atoms with Gasteiger partial charge in [-0.05, 0) is 18.8 Å². The van der Waals surface area contributed by atoms with Gasteiger partial charge < -0.3 is 10.6 Å². The first-order valence-corrected chi connectivity index (χ1v) is 3.75. The molecule has 60 valence electrons. The van der Waals surface area contributed by atoms with E-state index < -0.39 is 0 Å². The van der Waals surface area contributed by atoms with Crippen molar-refractivity contribution in [3.05, 3.63) is 0 Å². The summed E-state index contributed by atoms with van der Waals surface area (Å²) in [5.74, 6) is 1.85. The average Bonchev–Trinajstić information content (AvgIpc) is 2.03. The van der Waals surface area contributed by atoms with Crippen LogP contribution in [0.2, 0.25) is 0 Å². The number of terminal acetylenes is 1. The van der Waals surface area contributed by atoms with Gasteiger partial charge in [0.2, 0.25) is 0 Å². The highest BCUT2D eigenvalue weighted by Crippen LogP contribution is 2.07. The minimum Gasteiger partial charge on any atom is -0.330 e. The Hall–Kier alpha value is -1.01. The van der Waals surface area contributed by atoms with Gasteiger partial charge >= 0.3 is 0 Å². The molecule has 3 heteroatoms. The van der Waals surface area contributed by atoms with E-state index in [0.29, 0.717) is 6.54 Å². The van der Waals surface area contributed by atoms with Crippen molar-refractivity contribution in [2.45, 2.75) is 18.9 Å². The molecule has 11 heavy (non-hydrogen) atoms. The molecule has 0 aliphatic carbocycles. The molecule has 1 saturated heterocycles. The van der Waals surface area contributed by atoms with E-state index in [0.717, 1.165) is 19.4 Å². The molecule has 1 aliphatic heterocycles. The molecular formula is C8H12N2O. The molecule has 1 amide bonds. The number of hydrogen-bond acceptors (Lipinski definition) is 2. The van der Waals surface area contributed by atoms with E-state index in [1.807, 2.05) is 0 Å². The van der Waals surface area contributed by atoms with Crippen LogP contribution < -0.4 is 5.73 Å². The quantitative estimate of drug-likeness (QED) is 0.479. The Bertz CT molecular complexity index is 195. The SMILES string of the molecule is C#CC(=O)N1CCCC(N)C1. The summed E-state index contributed by atoms with van der Waals surface area (Å²) in [5, 5.41) is 0. The van der Waals surface area contributed by atoms with E-state index in [2.05, 4.69) is 5.92 Å². The van der Waals surface area contributed by atoms with Crippen molar-refractivity contribution in [2.24, 2.45) is 5.73 Å². The van der Waals surface area contributed by atoms with Crippen molar-refractivity contribution in [1.82, 2.24) is 4.90 Å². The van der Waals surface area contributed by atoms with Crippen LogP contribution in [0, 0.1) is 12.3 Å². The third-order valence-electron chi connectivity index (χ3n) is 1.87. The third kappa shape index (κ3) is 1.95. The molecule has 0 aromatic heterocycles. The maximum Gasteiger partial charge on any atom is 0.298 e. The molecule has 1 fully saturated rings. The number of carbonyl (C=O) groups excluding carboxylic acids is 1. The number of rotatable bonds is 0. The predicted molar refractivity (Wildman–Crippen MR) is 42.6 cm³/mol. The molecule has 1 atom stereocenters. The minimum absolute atomic E-state index is 0.112. The fourth-order valence-electron chi connectivity index (χ4n) is 1.29. The summed E-state index contributed by atoms with van der Waals surface area (Å²) in [4.78, 5) is 12.6. The average molecular weight is 152 g/mol. The first-order valence-electron chi connectivity index (χ1n) is 3.75. The van der Waals surface area contributed by atoms with Crippen molar-refractivity contribution in [3.63, 3.8) is 0 Å². The van der Waals surface area contributed by atoms with Gasteiger partial charge in [0.1, 0.15) is 0 Å². The van der Waals surface area contributed by atoms with E-state index >= 15 is 0 Å². The van der Waals surface area contributed by atoms with Crippen molar-refractivity contribution in [2.75, 3.05) is 13.1 Å². The highest BCUT2D eigenvalue weighted by atomic mass is 16.2. The van der Waals surface area contributed by atoms with Gasteiger partial charge in [0, 0.05) is 19.1 Å². The molecule has 0 spiro atoms. The van der Waals surface area contributed by atoms with Gasteiger partial charge in [-0.2, -0.15) is 0 Å². The topological polar surface area (TPSA) is 46.3 Å². The zero-order valence-electron chi connectivity index (χ0n) is 6.42. The number of amides is 1. The van der Waals surface area contributed by atoms with Crippen molar-refractivity contribution in [3.8, 4) is 12.3 Å². The summed E-state index contributed by atoms with van der Waals surface area (Å²) in [6.07, 6.45) is 6.93. The fourth-order valence-corrected chi connectivity index (χ4v) is 1.29. The van der Waals surface area contributed by atoms with Gasteiger partial charge in [0.15, 0.2) is 0 Å². The van der Waals surface area contributed by atoms with Crippen LogP contribution in [0.15, 0.2) is 0 Å². The third-order valence-corrected chi connectivity index (χ3v) is 1.87. The minimum atomic E-state index is -0.236. The van der Waals surface area contributed by atoms with Gasteiger partial charge in [-0.25, -0.2) is 0 Å². The van der Waals surface area contributed by atoms with E-state index in [1.54, 1.807) is 4.90 Å². The van der Waals surface area contributed by atoms with Gasteiger partial charge in [-0.3, -0.25) is 4.79 Å². The maximum atomic E-state index is 10.9. The van der Waals surface area contributed by atoms with Crippen LogP contribution in [0.25, 0.3) is 0 Å². The Morgan fingerprint density at radius 3 is 3.00 bits per heavy atom. The highest BCUT2D eigenvalue weighted by Gasteiger charge is 2.19. The molecule has 3 nitrogen and oxygen atoms in total. The monoisotopic (exact) mass is 152 g/mol. The van der Waals surface area contributed by atoms with Gasteiger partial charge in [0.05, 0.1) is 0 Å². The second kappa shape index (κ2) is 3.40. The summed E-state index contributed by atoms with van der Waals surface area (Å²) < 4.78 is 0. The maximum absolute atomic E-state index is 10.9. The number of hydrogen-bond donors (Lipinski definition) is 1. The van der Waals surface area contributed by atoms with Crippen molar-refractivity contribution in [1.29, 1.82) is 0 Å². The molecule has 0 aromatic rings. The lowest BCUT2D eigenvalue weighted by Gasteiger charge is -2.28. The van der Waals surface area contributed by atoms with Crippen molar-refractivity contribution >= 4 is 5.91 Å². The summed E-state index contributed by atoms with van der Waals surface area (Å²) in [7, 11) is 0. The van der Waals surface area contributed by atoms with Crippen LogP contribution in [0.5, 0.6) is 0 Å². The van der Waals surface area contributed by atoms with Gasteiger partial charge in [0.25, 0.3) is 5.91 Å². The second-order valence-corrected chi connectivity index (χ2v) is 2.80. The number of carbonyl (C=O) groups is 1. The van der Waals surface area contributed by atoms with Crippen LogP contribution in [0.4, 0.5) is 0 Å². The van der Waals surface area contributed by atoms with E-state index in [1.165, 1.54) is 0 Å². The van der Waals surface area contributed by atoms with Crippen LogP contribution >= 0.6 is 0 Å². The molecule has 0 aromatic carbocycles. The first-order chi connectivity index (χ1) is 5.24. The zero-order valence-corrected chi connectivity index (χ0v) is 6.42. The molecule has 0 bridgehead atoms. The standard InChI is InChI=1S/C8H12N2O/c1-2-8(11)10-5-3-4-7(9)6-10/h1,7H,3-6,9H2. The van der Waals surface area contributed by atoms with Crippen LogP contribution in [-0.4, -0.2) is 29.9 Å². The van der Waals surface area contributed by atoms with Crippen molar-refractivity contribution < 1.29 is 4.79 Å². The van der Waals surface area contributed by atoms with E-state index in [9.17, 15) is 4.79 Å². The van der Waals surface area contributed by atoms with Gasteiger partial charge in [-0.15, -0.1) is 6.42 Å². The lowest BCUT2D eigenvalue weighted by Crippen LogP contribution is -2.45. The van der Waals surface area contributed by atoms with Gasteiger partial charge in [-0.1, -0.05) is 0 Å². The Balaban J connectivity index is 2.47. The molecule has 2 N–H and O–H groups in total. The predicted octanol–water partition coefficient (Wildman–Crippen LogP) is -0.431. The number of nitrogens with two attached hydrogens (primary N) is 1. The fraction of sp³-hybridized carbons (Fsp3) is 0.625. The summed E-state index contributed by atoms with van der Waals surface area (Å²) in [6.45, 7) is 1.37. The van der Waals surface area contributed by atoms with Crippen LogP contribution in [0.1, 0.15) is 12.8 Å². The Labute approximate surface area is 66.5 Å². The molecule has 1 rings (SSSR count). The smallest absolute Gasteiger partial charge is 0.298 e. The normalized spacial score (nSPS) is 24.4. The lowest BCUT2D eigenvalue weighted by atomic mass is 10.1. The number of likely N-dealkylation sites (tertiary alicyclic amines) is 1. The Kier molecular flexibility index (Phi) is 2.50. The number of piperidine rings is 1. The van der Waals surface area contributed by atoms with E-state index in [4.69, 9.17) is 12.2 Å². The number of nitrogens with zero attached hydrogens (tertiary/aromatic N) is 1. The summed E-state index contributed by atoms with van der Waals surface area (Å²) in [6, 6.07) is 0.112. The molecular weight excluding hydrogens is 140 g/mol. The molecule has 1 unspecified atom stereocenters. The summed E-state index contributed by atoms with van der Waals surface area (Å²) >= 11 is 0. The lowest BCUT2D eigenvalue weighted by molar-refractivity contribution is -0.126. The largest absolute Gasteiger partial charge is 0.330 e. The molecule has 1 heterocycles. The molecule has 0 radical (unpaired) electrons. The Morgan fingerprint density at radius 1 is 1.73 bits per heavy atom. The second-order valence-electron chi connectivity index (χ2n) is 2.80. The van der Waals surface area contributed by atoms with E-state index in [-0.39, 0.29) is 11.9 Å².